The maximum atomic E-state index is 12.8. The maximum Gasteiger partial charge on any atom is 0.303 e. The number of aliphatic hydroxyl groups excluding tert-OH is 1. The molecule has 2 aliphatic heterocycles. The second kappa shape index (κ2) is 20.5. The molecule has 322 valence electrons. The lowest BCUT2D eigenvalue weighted by Crippen LogP contribution is -2.67. The normalized spacial score (nSPS) is 26.4. The molecule has 2 fully saturated rings. The summed E-state index contributed by atoms with van der Waals surface area (Å²) in [4.78, 5) is 74.7. The van der Waals surface area contributed by atoms with Gasteiger partial charge >= 0.3 is 35.8 Å². The number of carbonyl (C=O) groups is 6. The van der Waals surface area contributed by atoms with E-state index in [1.165, 1.54) is 0 Å². The molecule has 0 saturated carbocycles. The molecule has 17 heteroatoms. The van der Waals surface area contributed by atoms with Gasteiger partial charge in [-0.25, -0.2) is 0 Å². The van der Waals surface area contributed by atoms with Crippen LogP contribution in [-0.4, -0.2) is 116 Å². The van der Waals surface area contributed by atoms with E-state index in [0.717, 1.165) is 41.5 Å². The molecular formula is C43H48O17. The fourth-order valence-electron chi connectivity index (χ4n) is 7.27. The van der Waals surface area contributed by atoms with Crippen molar-refractivity contribution in [3.63, 3.8) is 0 Å². The van der Waals surface area contributed by atoms with Gasteiger partial charge in [0.25, 0.3) is 0 Å². The third-order valence-electron chi connectivity index (χ3n) is 9.46. The first kappa shape index (κ1) is 45.4. The van der Waals surface area contributed by atoms with Gasteiger partial charge in [-0.1, -0.05) is 91.0 Å². The summed E-state index contributed by atoms with van der Waals surface area (Å²) in [7, 11) is 0. The van der Waals surface area contributed by atoms with E-state index in [0.29, 0.717) is 16.7 Å². The first-order chi connectivity index (χ1) is 28.6. The molecule has 0 aliphatic carbocycles. The van der Waals surface area contributed by atoms with Crippen LogP contribution in [0, 0.1) is 0 Å². The van der Waals surface area contributed by atoms with Gasteiger partial charge in [-0.05, 0) is 16.7 Å². The average Bonchev–Trinajstić information content (AvgIpc) is 3.19. The lowest BCUT2D eigenvalue weighted by molar-refractivity contribution is -0.358. The van der Waals surface area contributed by atoms with Gasteiger partial charge in [-0.15, -0.1) is 0 Å². The van der Waals surface area contributed by atoms with E-state index < -0.39 is 116 Å². The SMILES string of the molecule is CC(=O)OCC1OC(OC2C(COC(c3ccccc3)(c3ccccc3)c3ccccc3)OC(O)C(OC(C)=O)C2OC(C)=O)C(OC(C)=O)C(OC(C)=O)C1OC(C)=O. The minimum absolute atomic E-state index is 0.434. The van der Waals surface area contributed by atoms with Crippen molar-refractivity contribution >= 4 is 35.8 Å². The predicted octanol–water partition coefficient (Wildman–Crippen LogP) is 3.04. The second-order valence-corrected chi connectivity index (χ2v) is 14.0. The topological polar surface area (TPSA) is 215 Å². The fraction of sp³-hybridized carbons (Fsp3) is 0.442. The smallest absolute Gasteiger partial charge is 0.303 e. The van der Waals surface area contributed by atoms with E-state index in [4.69, 9.17) is 47.4 Å². The van der Waals surface area contributed by atoms with Crippen molar-refractivity contribution < 1.29 is 81.2 Å². The van der Waals surface area contributed by atoms with E-state index in [1.807, 2.05) is 91.0 Å². The van der Waals surface area contributed by atoms with Gasteiger partial charge in [0.1, 0.15) is 30.5 Å². The molecule has 0 bridgehead atoms. The van der Waals surface area contributed by atoms with Crippen molar-refractivity contribution in [2.75, 3.05) is 13.2 Å². The van der Waals surface area contributed by atoms with Crippen LogP contribution >= 0.6 is 0 Å². The summed E-state index contributed by atoms with van der Waals surface area (Å²) in [5, 5.41) is 11.4. The predicted molar refractivity (Wildman–Crippen MR) is 204 cm³/mol. The number of carbonyl (C=O) groups excluding carboxylic acids is 6. The summed E-state index contributed by atoms with van der Waals surface area (Å²) in [5.74, 6) is -5.14. The van der Waals surface area contributed by atoms with Crippen molar-refractivity contribution in [2.24, 2.45) is 0 Å². The molecule has 0 spiro atoms. The Morgan fingerprint density at radius 3 is 1.30 bits per heavy atom. The summed E-state index contributed by atoms with van der Waals surface area (Å²) in [6.07, 6.45) is -16.4. The molecule has 2 saturated heterocycles. The second-order valence-electron chi connectivity index (χ2n) is 14.0. The summed E-state index contributed by atoms with van der Waals surface area (Å²) in [5.41, 5.74) is 0.751. The Hall–Kier alpha value is -5.72. The van der Waals surface area contributed by atoms with Crippen LogP contribution in [0.2, 0.25) is 0 Å². The van der Waals surface area contributed by atoms with Crippen LogP contribution in [0.4, 0.5) is 0 Å². The standard InChI is InChI=1S/C43H48O17/c1-24(44)51-22-33-35(53-25(2)45)38(55-27(4)47)40(57-29(6)49)42(59-33)60-36-34(58-41(50)39(56-28(5)48)37(36)54-26(3)46)23-52-43(30-16-10-7-11-17-30,31-18-12-8-13-19-31)32-20-14-9-15-21-32/h7-21,33-42,50H,22-23H2,1-6H3. The summed E-state index contributed by atoms with van der Waals surface area (Å²) < 4.78 is 58.9. The zero-order valence-electron chi connectivity index (χ0n) is 33.8. The summed E-state index contributed by atoms with van der Waals surface area (Å²) in [6.45, 7) is 5.45. The minimum atomic E-state index is -1.92. The van der Waals surface area contributed by atoms with Gasteiger partial charge in [-0.3, -0.25) is 28.8 Å². The van der Waals surface area contributed by atoms with E-state index >= 15 is 0 Å². The Kier molecular flexibility index (Phi) is 15.5. The minimum Gasteiger partial charge on any atom is -0.463 e. The van der Waals surface area contributed by atoms with E-state index in [-0.39, 0.29) is 0 Å². The zero-order valence-corrected chi connectivity index (χ0v) is 33.8. The van der Waals surface area contributed by atoms with Crippen molar-refractivity contribution in [1.82, 2.24) is 0 Å². The van der Waals surface area contributed by atoms with Crippen LogP contribution < -0.4 is 0 Å². The van der Waals surface area contributed by atoms with E-state index in [1.54, 1.807) is 0 Å². The first-order valence-electron chi connectivity index (χ1n) is 19.0. The molecule has 3 aromatic carbocycles. The van der Waals surface area contributed by atoms with Gasteiger partial charge < -0.3 is 52.5 Å². The Bertz CT molecular complexity index is 1840. The van der Waals surface area contributed by atoms with Crippen LogP contribution in [0.25, 0.3) is 0 Å². The largest absolute Gasteiger partial charge is 0.463 e. The molecular weight excluding hydrogens is 788 g/mol. The number of hydrogen-bond donors (Lipinski definition) is 1. The Morgan fingerprint density at radius 2 is 0.867 bits per heavy atom. The van der Waals surface area contributed by atoms with Crippen LogP contribution in [0.15, 0.2) is 91.0 Å². The highest BCUT2D eigenvalue weighted by molar-refractivity contribution is 5.69. The van der Waals surface area contributed by atoms with Crippen molar-refractivity contribution in [1.29, 1.82) is 0 Å². The first-order valence-corrected chi connectivity index (χ1v) is 19.0. The van der Waals surface area contributed by atoms with Gasteiger partial charge in [0.2, 0.25) is 0 Å². The molecule has 10 atom stereocenters. The molecule has 10 unspecified atom stereocenters. The highest BCUT2D eigenvalue weighted by atomic mass is 16.8. The molecule has 2 aliphatic rings. The molecule has 0 amide bonds. The maximum absolute atomic E-state index is 12.8. The van der Waals surface area contributed by atoms with Crippen LogP contribution in [0.3, 0.4) is 0 Å². The van der Waals surface area contributed by atoms with E-state index in [2.05, 4.69) is 0 Å². The van der Waals surface area contributed by atoms with Gasteiger partial charge in [0.15, 0.2) is 43.1 Å². The number of hydrogen-bond acceptors (Lipinski definition) is 17. The number of rotatable bonds is 15. The van der Waals surface area contributed by atoms with Crippen LogP contribution in [0.5, 0.6) is 0 Å². The summed E-state index contributed by atoms with van der Waals surface area (Å²) >= 11 is 0. The highest BCUT2D eigenvalue weighted by Gasteiger charge is 2.57. The van der Waals surface area contributed by atoms with Gasteiger partial charge in [0, 0.05) is 41.5 Å². The van der Waals surface area contributed by atoms with Crippen molar-refractivity contribution in [3.8, 4) is 0 Å². The Balaban J connectivity index is 1.66. The quantitative estimate of drug-likeness (QED) is 0.132. The molecule has 17 nitrogen and oxygen atoms in total. The van der Waals surface area contributed by atoms with Crippen molar-refractivity contribution in [3.05, 3.63) is 108 Å². The summed E-state index contributed by atoms with van der Waals surface area (Å²) in [6, 6.07) is 27.9. The highest BCUT2D eigenvalue weighted by Crippen LogP contribution is 2.42. The Labute approximate surface area is 346 Å². The van der Waals surface area contributed by atoms with Crippen LogP contribution in [0.1, 0.15) is 58.2 Å². The fourth-order valence-corrected chi connectivity index (χ4v) is 7.27. The van der Waals surface area contributed by atoms with E-state index in [9.17, 15) is 33.9 Å². The van der Waals surface area contributed by atoms with Crippen molar-refractivity contribution in [2.45, 2.75) is 109 Å². The molecule has 0 aromatic heterocycles. The van der Waals surface area contributed by atoms with Crippen LogP contribution in [-0.2, 0) is 81.7 Å². The monoisotopic (exact) mass is 836 g/mol. The van der Waals surface area contributed by atoms with Gasteiger partial charge in [0.05, 0.1) is 6.61 Å². The molecule has 0 radical (unpaired) electrons. The molecule has 60 heavy (non-hydrogen) atoms. The number of esters is 6. The average molecular weight is 837 g/mol. The third kappa shape index (κ3) is 11.1. The third-order valence-corrected chi connectivity index (χ3v) is 9.46. The van der Waals surface area contributed by atoms with Gasteiger partial charge in [-0.2, -0.15) is 0 Å². The number of ether oxygens (including phenoxy) is 10. The lowest BCUT2D eigenvalue weighted by Gasteiger charge is -2.48. The lowest BCUT2D eigenvalue weighted by atomic mass is 9.80. The number of aliphatic hydroxyl groups is 1. The molecule has 3 aromatic rings. The Morgan fingerprint density at radius 1 is 0.483 bits per heavy atom. The molecule has 5 rings (SSSR count). The molecule has 1 N–H and O–H groups in total. The number of benzene rings is 3. The zero-order chi connectivity index (χ0) is 43.6. The molecule has 2 heterocycles.